The Balaban J connectivity index is 1.23. The van der Waals surface area contributed by atoms with E-state index in [1.165, 1.54) is 4.90 Å². The lowest BCUT2D eigenvalue weighted by Gasteiger charge is -2.14. The van der Waals surface area contributed by atoms with Crippen molar-refractivity contribution < 1.29 is 28.3 Å². The van der Waals surface area contributed by atoms with E-state index in [2.05, 4.69) is 0 Å². The quantitative estimate of drug-likeness (QED) is 0.199. The molecule has 2 amide bonds. The van der Waals surface area contributed by atoms with Crippen LogP contribution in [0.3, 0.4) is 0 Å². The molecular formula is C29H23NO6S. The Bertz CT molecular complexity index is 1500. The highest BCUT2D eigenvalue weighted by Gasteiger charge is 2.35. The first-order valence-corrected chi connectivity index (χ1v) is 12.6. The van der Waals surface area contributed by atoms with Crippen LogP contribution < -0.4 is 4.74 Å². The Morgan fingerprint density at radius 3 is 2.57 bits per heavy atom. The number of ether oxygens (including phenoxy) is 2. The van der Waals surface area contributed by atoms with E-state index < -0.39 is 0 Å². The van der Waals surface area contributed by atoms with Crippen LogP contribution in [0.1, 0.15) is 23.0 Å². The van der Waals surface area contributed by atoms with Gasteiger partial charge in [-0.15, -0.1) is 0 Å². The van der Waals surface area contributed by atoms with Gasteiger partial charge in [0.25, 0.3) is 11.1 Å². The van der Waals surface area contributed by atoms with Crippen LogP contribution in [-0.2, 0) is 9.53 Å². The van der Waals surface area contributed by atoms with Gasteiger partial charge in [-0.2, -0.15) is 0 Å². The van der Waals surface area contributed by atoms with Gasteiger partial charge in [0, 0.05) is 17.0 Å². The summed E-state index contributed by atoms with van der Waals surface area (Å²) in [5.74, 6) is 0.964. The molecule has 0 saturated carbocycles. The number of imide groups is 1. The molecular weight excluding hydrogens is 490 g/mol. The summed E-state index contributed by atoms with van der Waals surface area (Å²) >= 11 is 0.872. The van der Waals surface area contributed by atoms with E-state index in [1.54, 1.807) is 49.4 Å². The summed E-state index contributed by atoms with van der Waals surface area (Å²) in [4.78, 5) is 38.7. The zero-order valence-corrected chi connectivity index (χ0v) is 20.8. The number of rotatable bonds is 8. The zero-order valence-electron chi connectivity index (χ0n) is 20.0. The van der Waals surface area contributed by atoms with Crippen molar-refractivity contribution in [3.05, 3.63) is 95.1 Å². The first kappa shape index (κ1) is 24.4. The molecule has 5 rings (SSSR count). The van der Waals surface area contributed by atoms with Crippen LogP contribution in [0.25, 0.3) is 28.2 Å². The van der Waals surface area contributed by atoms with E-state index in [4.69, 9.17) is 13.9 Å². The maximum atomic E-state index is 12.9. The third kappa shape index (κ3) is 5.29. The van der Waals surface area contributed by atoms with Gasteiger partial charge in [0.2, 0.25) is 0 Å². The predicted molar refractivity (Wildman–Crippen MR) is 142 cm³/mol. The minimum atomic E-state index is -0.382. The molecule has 0 unspecified atom stereocenters. The van der Waals surface area contributed by atoms with Crippen molar-refractivity contribution in [2.24, 2.45) is 0 Å². The van der Waals surface area contributed by atoms with Crippen LogP contribution in [0, 0.1) is 0 Å². The van der Waals surface area contributed by atoms with E-state index in [0.29, 0.717) is 29.4 Å². The summed E-state index contributed by atoms with van der Waals surface area (Å²) in [6, 6.07) is 24.0. The second kappa shape index (κ2) is 10.8. The maximum absolute atomic E-state index is 12.9. The molecule has 4 aromatic rings. The number of hydrogen-bond donors (Lipinski definition) is 0. The van der Waals surface area contributed by atoms with Crippen molar-refractivity contribution in [3.63, 3.8) is 0 Å². The van der Waals surface area contributed by atoms with Crippen molar-refractivity contribution in [2.75, 3.05) is 19.8 Å². The molecule has 1 saturated heterocycles. The van der Waals surface area contributed by atoms with Crippen molar-refractivity contribution in [2.45, 2.75) is 6.92 Å². The number of esters is 1. The number of fused-ring (bicyclic) bond motifs is 1. The minimum Gasteiger partial charge on any atom is -0.491 e. The van der Waals surface area contributed by atoms with E-state index >= 15 is 0 Å². The molecule has 0 aliphatic carbocycles. The van der Waals surface area contributed by atoms with Crippen molar-refractivity contribution in [1.82, 2.24) is 4.90 Å². The monoisotopic (exact) mass is 513 g/mol. The van der Waals surface area contributed by atoms with Gasteiger partial charge in [-0.1, -0.05) is 48.5 Å². The zero-order chi connectivity index (χ0) is 25.8. The minimum absolute atomic E-state index is 0.140. The second-order valence-corrected chi connectivity index (χ2v) is 9.15. The van der Waals surface area contributed by atoms with Crippen LogP contribution in [0.2, 0.25) is 0 Å². The summed E-state index contributed by atoms with van der Waals surface area (Å²) in [5.41, 5.74) is 1.22. The number of hydrogen-bond acceptors (Lipinski definition) is 7. The smallest absolute Gasteiger partial charge is 0.338 e. The first-order valence-electron chi connectivity index (χ1n) is 11.8. The molecule has 0 radical (unpaired) electrons. The van der Waals surface area contributed by atoms with Crippen molar-refractivity contribution in [1.29, 1.82) is 0 Å². The van der Waals surface area contributed by atoms with Gasteiger partial charge in [-0.25, -0.2) is 4.79 Å². The van der Waals surface area contributed by atoms with Crippen LogP contribution >= 0.6 is 11.8 Å². The van der Waals surface area contributed by atoms with Crippen LogP contribution in [0.15, 0.2) is 88.2 Å². The average molecular weight is 514 g/mol. The van der Waals surface area contributed by atoms with E-state index in [9.17, 15) is 14.4 Å². The SMILES string of the molecule is CCOC(=O)c1ccc(-c2ccc(/C=C3\SC(=O)N(CCOc4cccc5ccccc45)C3=O)o2)cc1. The molecule has 0 spiro atoms. The van der Waals surface area contributed by atoms with E-state index in [0.717, 1.165) is 28.1 Å². The Morgan fingerprint density at radius 2 is 1.76 bits per heavy atom. The number of thioether (sulfide) groups is 1. The van der Waals surface area contributed by atoms with Gasteiger partial charge in [-0.3, -0.25) is 14.5 Å². The molecule has 8 heteroatoms. The van der Waals surface area contributed by atoms with E-state index in [1.807, 2.05) is 42.5 Å². The topological polar surface area (TPSA) is 86.0 Å². The predicted octanol–water partition coefficient (Wildman–Crippen LogP) is 6.39. The fraction of sp³-hybridized carbons (Fsp3) is 0.138. The summed E-state index contributed by atoms with van der Waals surface area (Å²) < 4.78 is 16.8. The number of nitrogens with zero attached hydrogens (tertiary/aromatic N) is 1. The lowest BCUT2D eigenvalue weighted by molar-refractivity contribution is -0.123. The number of benzene rings is 3. The fourth-order valence-corrected chi connectivity index (χ4v) is 4.81. The molecule has 7 nitrogen and oxygen atoms in total. The molecule has 1 aliphatic heterocycles. The number of carbonyl (C=O) groups is 3. The second-order valence-electron chi connectivity index (χ2n) is 8.16. The molecule has 186 valence electrons. The lowest BCUT2D eigenvalue weighted by atomic mass is 10.1. The van der Waals surface area contributed by atoms with Gasteiger partial charge in [-0.05, 0) is 54.4 Å². The summed E-state index contributed by atoms with van der Waals surface area (Å²) in [6.45, 7) is 2.39. The number of amides is 2. The molecule has 0 atom stereocenters. The standard InChI is InChI=1S/C29H23NO6S/c1-2-34-28(32)21-12-10-20(11-13-21)24-15-14-22(36-24)18-26-27(31)30(29(33)37-26)16-17-35-25-9-5-7-19-6-3-4-8-23(19)25/h3-15,18H,2,16-17H2,1H3/b26-18-. The van der Waals surface area contributed by atoms with Crippen molar-refractivity contribution in [3.8, 4) is 17.1 Å². The fourth-order valence-electron chi connectivity index (χ4n) is 3.96. The van der Waals surface area contributed by atoms with Gasteiger partial charge >= 0.3 is 5.97 Å². The third-order valence-corrected chi connectivity index (χ3v) is 6.68. The van der Waals surface area contributed by atoms with Gasteiger partial charge in [0.15, 0.2) is 0 Å². The van der Waals surface area contributed by atoms with Crippen LogP contribution in [-0.4, -0.2) is 41.8 Å². The number of carbonyl (C=O) groups excluding carboxylic acids is 3. The molecule has 1 fully saturated rings. The van der Waals surface area contributed by atoms with E-state index in [-0.39, 0.29) is 35.2 Å². The molecule has 1 aromatic heterocycles. The Kier molecular flexibility index (Phi) is 7.09. The highest BCUT2D eigenvalue weighted by atomic mass is 32.2. The highest BCUT2D eigenvalue weighted by Crippen LogP contribution is 2.33. The summed E-state index contributed by atoms with van der Waals surface area (Å²) in [5, 5.41) is 1.68. The summed E-state index contributed by atoms with van der Waals surface area (Å²) in [6.07, 6.45) is 1.56. The van der Waals surface area contributed by atoms with Crippen LogP contribution in [0.5, 0.6) is 5.75 Å². The average Bonchev–Trinajstić information content (AvgIpc) is 3.49. The Morgan fingerprint density at radius 1 is 0.973 bits per heavy atom. The van der Waals surface area contributed by atoms with Gasteiger partial charge in [0.1, 0.15) is 23.9 Å². The largest absolute Gasteiger partial charge is 0.491 e. The van der Waals surface area contributed by atoms with Gasteiger partial charge < -0.3 is 13.9 Å². The number of furan rings is 1. The molecule has 3 aromatic carbocycles. The Labute approximate surface area is 217 Å². The Hall–Kier alpha value is -4.30. The molecule has 0 N–H and O–H groups in total. The lowest BCUT2D eigenvalue weighted by Crippen LogP contribution is -2.32. The molecule has 2 heterocycles. The molecule has 0 bridgehead atoms. The maximum Gasteiger partial charge on any atom is 0.338 e. The highest BCUT2D eigenvalue weighted by molar-refractivity contribution is 8.18. The summed E-state index contributed by atoms with van der Waals surface area (Å²) in [7, 11) is 0. The van der Waals surface area contributed by atoms with Crippen molar-refractivity contribution >= 4 is 45.7 Å². The van der Waals surface area contributed by atoms with Gasteiger partial charge in [0.05, 0.1) is 23.6 Å². The first-order chi connectivity index (χ1) is 18.0. The van der Waals surface area contributed by atoms with Crippen LogP contribution in [0.4, 0.5) is 4.79 Å². The molecule has 1 aliphatic rings. The third-order valence-electron chi connectivity index (χ3n) is 5.78. The molecule has 37 heavy (non-hydrogen) atoms. The normalized spacial score (nSPS) is 14.5.